The fourth-order valence-electron chi connectivity index (χ4n) is 4.56. The highest BCUT2D eigenvalue weighted by molar-refractivity contribution is 6.31. The minimum Gasteiger partial charge on any atom is -0.308 e. The second-order valence-electron chi connectivity index (χ2n) is 7.57. The third kappa shape index (κ3) is 2.56. The molecule has 6 rings (SSSR count). The highest BCUT2D eigenvalue weighted by Gasteiger charge is 2.19. The maximum atomic E-state index is 6.34. The topological polar surface area (TPSA) is 4.41 Å². The highest BCUT2D eigenvalue weighted by Crippen LogP contribution is 2.42. The van der Waals surface area contributed by atoms with Gasteiger partial charge in [0.2, 0.25) is 0 Å². The number of aromatic nitrogens is 1. The Bertz CT molecular complexity index is 1530. The molecule has 0 bridgehead atoms. The fourth-order valence-corrected chi connectivity index (χ4v) is 4.74. The summed E-state index contributed by atoms with van der Waals surface area (Å²) in [6.45, 7) is 0. The first kappa shape index (κ1) is 17.3. The van der Waals surface area contributed by atoms with Crippen molar-refractivity contribution in [3.8, 4) is 22.4 Å². The molecule has 0 fully saturated rings. The fraction of sp³-hybridized carbons (Fsp3) is 0. The molecule has 30 heavy (non-hydrogen) atoms. The van der Waals surface area contributed by atoms with E-state index in [4.69, 9.17) is 11.6 Å². The Balaban J connectivity index is 1.93. The van der Waals surface area contributed by atoms with Crippen LogP contribution < -0.4 is 0 Å². The first-order valence-electron chi connectivity index (χ1n) is 10.1. The van der Waals surface area contributed by atoms with Crippen molar-refractivity contribution in [3.05, 3.63) is 114 Å². The second-order valence-corrected chi connectivity index (χ2v) is 8.01. The Kier molecular flexibility index (Phi) is 3.90. The zero-order valence-corrected chi connectivity index (χ0v) is 17.0. The van der Waals surface area contributed by atoms with E-state index in [9.17, 15) is 0 Å². The number of hydrogen-bond donors (Lipinski definition) is 0. The normalized spacial score (nSPS) is 11.5. The molecular weight excluding hydrogens is 386 g/mol. The minimum absolute atomic E-state index is 0.757. The van der Waals surface area contributed by atoms with Gasteiger partial charge in [0.1, 0.15) is 0 Å². The first-order valence-corrected chi connectivity index (χ1v) is 10.5. The molecule has 4 aromatic carbocycles. The summed E-state index contributed by atoms with van der Waals surface area (Å²) in [7, 11) is 0. The maximum absolute atomic E-state index is 6.34. The van der Waals surface area contributed by atoms with Gasteiger partial charge in [-0.2, -0.15) is 0 Å². The molecule has 0 N–H and O–H groups in total. The molecule has 2 heterocycles. The minimum atomic E-state index is 0.757. The van der Waals surface area contributed by atoms with Crippen LogP contribution in [0.5, 0.6) is 0 Å². The second kappa shape index (κ2) is 6.76. The summed E-state index contributed by atoms with van der Waals surface area (Å²) < 4.78 is 2.39. The quantitative estimate of drug-likeness (QED) is 0.274. The maximum Gasteiger partial charge on any atom is 0.0619 e. The standard InChI is InChI=1S/C28H18ClN/c29-22-15-16-25-21(17-22)18-26-23-13-7-8-14-24(23)27(19-9-3-1-4-10-19)28(30(25)26)20-11-5-2-6-12-20/h1-18H. The van der Waals surface area contributed by atoms with Crippen molar-refractivity contribution in [1.82, 2.24) is 4.40 Å². The van der Waals surface area contributed by atoms with Gasteiger partial charge < -0.3 is 4.40 Å². The summed E-state index contributed by atoms with van der Waals surface area (Å²) in [6.07, 6.45) is 0. The third-order valence-electron chi connectivity index (χ3n) is 5.81. The van der Waals surface area contributed by atoms with E-state index in [1.165, 1.54) is 38.7 Å². The Morgan fingerprint density at radius 3 is 1.90 bits per heavy atom. The molecule has 0 spiro atoms. The SMILES string of the molecule is Clc1ccc2c(c1)cc1c3ccccc3c(-c3ccccc3)c(-c3ccccc3)n21. The zero-order valence-electron chi connectivity index (χ0n) is 16.2. The number of benzene rings is 4. The van der Waals surface area contributed by atoms with Gasteiger partial charge in [-0.15, -0.1) is 0 Å². The van der Waals surface area contributed by atoms with Crippen molar-refractivity contribution >= 4 is 38.8 Å². The van der Waals surface area contributed by atoms with Crippen LogP contribution in [-0.4, -0.2) is 4.40 Å². The number of pyridine rings is 1. The molecule has 6 aromatic rings. The van der Waals surface area contributed by atoms with Gasteiger partial charge in [-0.05, 0) is 40.8 Å². The van der Waals surface area contributed by atoms with Gasteiger partial charge in [-0.1, -0.05) is 96.5 Å². The summed E-state index contributed by atoms with van der Waals surface area (Å²) in [5.74, 6) is 0. The zero-order chi connectivity index (χ0) is 20.1. The summed E-state index contributed by atoms with van der Waals surface area (Å²) in [6, 6.07) is 38.4. The van der Waals surface area contributed by atoms with Crippen LogP contribution in [0.15, 0.2) is 109 Å². The highest BCUT2D eigenvalue weighted by atomic mass is 35.5. The van der Waals surface area contributed by atoms with E-state index in [1.807, 2.05) is 6.07 Å². The van der Waals surface area contributed by atoms with Crippen LogP contribution in [0, 0.1) is 0 Å². The largest absolute Gasteiger partial charge is 0.308 e. The molecule has 0 unspecified atom stereocenters. The lowest BCUT2D eigenvalue weighted by molar-refractivity contribution is 1.27. The lowest BCUT2D eigenvalue weighted by atomic mass is 9.93. The number of halogens is 1. The van der Waals surface area contributed by atoms with Crippen molar-refractivity contribution in [3.63, 3.8) is 0 Å². The van der Waals surface area contributed by atoms with Crippen LogP contribution in [0.2, 0.25) is 5.02 Å². The number of hydrogen-bond acceptors (Lipinski definition) is 0. The van der Waals surface area contributed by atoms with Gasteiger partial charge in [-0.25, -0.2) is 0 Å². The molecule has 2 heteroatoms. The van der Waals surface area contributed by atoms with Crippen LogP contribution in [0.25, 0.3) is 49.6 Å². The van der Waals surface area contributed by atoms with E-state index in [2.05, 4.69) is 108 Å². The van der Waals surface area contributed by atoms with Crippen LogP contribution in [0.4, 0.5) is 0 Å². The molecule has 0 aliphatic heterocycles. The van der Waals surface area contributed by atoms with E-state index in [1.54, 1.807) is 0 Å². The lowest BCUT2D eigenvalue weighted by Crippen LogP contribution is -1.98. The van der Waals surface area contributed by atoms with Gasteiger partial charge in [0.05, 0.1) is 16.7 Å². The summed E-state index contributed by atoms with van der Waals surface area (Å²) in [4.78, 5) is 0. The van der Waals surface area contributed by atoms with Crippen molar-refractivity contribution in [2.24, 2.45) is 0 Å². The van der Waals surface area contributed by atoms with Crippen molar-refractivity contribution < 1.29 is 0 Å². The predicted octanol–water partition coefficient (Wildman–Crippen LogP) is 8.23. The molecule has 0 saturated carbocycles. The van der Waals surface area contributed by atoms with Gasteiger partial charge in [0, 0.05) is 21.4 Å². The molecule has 0 radical (unpaired) electrons. The van der Waals surface area contributed by atoms with E-state index < -0.39 is 0 Å². The van der Waals surface area contributed by atoms with Gasteiger partial charge >= 0.3 is 0 Å². The molecule has 0 saturated heterocycles. The third-order valence-corrected chi connectivity index (χ3v) is 6.04. The molecule has 0 amide bonds. The summed E-state index contributed by atoms with van der Waals surface area (Å²) >= 11 is 6.34. The molecule has 0 aliphatic carbocycles. The van der Waals surface area contributed by atoms with Crippen molar-refractivity contribution in [2.75, 3.05) is 0 Å². The Labute approximate surface area is 179 Å². The van der Waals surface area contributed by atoms with Gasteiger partial charge in [-0.3, -0.25) is 0 Å². The molecule has 142 valence electrons. The van der Waals surface area contributed by atoms with Gasteiger partial charge in [0.15, 0.2) is 0 Å². The lowest BCUT2D eigenvalue weighted by Gasteiger charge is -2.18. The average Bonchev–Trinajstić information content (AvgIpc) is 3.18. The predicted molar refractivity (Wildman–Crippen MR) is 128 cm³/mol. The van der Waals surface area contributed by atoms with E-state index >= 15 is 0 Å². The van der Waals surface area contributed by atoms with Crippen molar-refractivity contribution in [1.29, 1.82) is 0 Å². The average molecular weight is 404 g/mol. The summed E-state index contributed by atoms with van der Waals surface area (Å²) in [5.41, 5.74) is 7.22. The van der Waals surface area contributed by atoms with Crippen LogP contribution in [0.3, 0.4) is 0 Å². The number of fused-ring (bicyclic) bond motifs is 5. The molecule has 0 aliphatic rings. The van der Waals surface area contributed by atoms with E-state index in [0.717, 1.165) is 15.9 Å². The molecular formula is C28H18ClN. The molecule has 2 aromatic heterocycles. The molecule has 0 atom stereocenters. The summed E-state index contributed by atoms with van der Waals surface area (Å²) in [5, 5.41) is 4.40. The Hall–Kier alpha value is -3.55. The van der Waals surface area contributed by atoms with Crippen LogP contribution >= 0.6 is 11.6 Å². The Morgan fingerprint density at radius 1 is 0.533 bits per heavy atom. The number of nitrogens with zero attached hydrogens (tertiary/aromatic N) is 1. The van der Waals surface area contributed by atoms with Gasteiger partial charge in [0.25, 0.3) is 0 Å². The Morgan fingerprint density at radius 2 is 1.17 bits per heavy atom. The number of rotatable bonds is 2. The molecule has 1 nitrogen and oxygen atoms in total. The van der Waals surface area contributed by atoms with E-state index in [-0.39, 0.29) is 0 Å². The smallest absolute Gasteiger partial charge is 0.0619 e. The first-order chi connectivity index (χ1) is 14.8. The van der Waals surface area contributed by atoms with Crippen LogP contribution in [-0.2, 0) is 0 Å². The van der Waals surface area contributed by atoms with Crippen molar-refractivity contribution in [2.45, 2.75) is 0 Å². The van der Waals surface area contributed by atoms with Crippen LogP contribution in [0.1, 0.15) is 0 Å². The monoisotopic (exact) mass is 403 g/mol. The van der Waals surface area contributed by atoms with E-state index in [0.29, 0.717) is 0 Å².